The molecule has 0 aromatic rings. The minimum Gasteiger partial charge on any atom is -0.388 e. The van der Waals surface area contributed by atoms with E-state index in [2.05, 4.69) is 12.3 Å². The Hall–Kier alpha value is -0.120. The molecule has 0 aromatic carbocycles. The summed E-state index contributed by atoms with van der Waals surface area (Å²) in [5.74, 6) is 0. The van der Waals surface area contributed by atoms with Gasteiger partial charge in [-0.15, -0.1) is 0 Å². The van der Waals surface area contributed by atoms with Gasteiger partial charge in [-0.2, -0.15) is 0 Å². The Kier molecular flexibility index (Phi) is 5.03. The molecule has 0 saturated heterocycles. The zero-order valence-corrected chi connectivity index (χ0v) is 10.4. The van der Waals surface area contributed by atoms with Gasteiger partial charge in [-0.1, -0.05) is 32.6 Å². The molecule has 1 saturated carbocycles. The molecule has 1 aliphatic carbocycles. The third-order valence-corrected chi connectivity index (χ3v) is 3.36. The Labute approximate surface area is 93.8 Å². The molecule has 1 atom stereocenters. The summed E-state index contributed by atoms with van der Waals surface area (Å²) in [4.78, 5) is 0. The highest BCUT2D eigenvalue weighted by Crippen LogP contribution is 2.32. The molecule has 0 amide bonds. The fourth-order valence-electron chi connectivity index (χ4n) is 2.57. The van der Waals surface area contributed by atoms with Crippen molar-refractivity contribution in [2.75, 3.05) is 14.1 Å². The van der Waals surface area contributed by atoms with Crippen molar-refractivity contribution in [3.63, 3.8) is 0 Å². The van der Waals surface area contributed by atoms with Crippen molar-refractivity contribution in [2.45, 2.75) is 63.5 Å². The first-order valence-corrected chi connectivity index (χ1v) is 6.24. The van der Waals surface area contributed by atoms with Gasteiger partial charge in [-0.3, -0.25) is 5.01 Å². The van der Waals surface area contributed by atoms with Crippen molar-refractivity contribution >= 4 is 0 Å². The van der Waals surface area contributed by atoms with E-state index in [0.29, 0.717) is 0 Å². The van der Waals surface area contributed by atoms with Crippen molar-refractivity contribution < 1.29 is 5.11 Å². The number of aliphatic hydroxyl groups is 1. The van der Waals surface area contributed by atoms with Gasteiger partial charge in [0.05, 0.1) is 11.6 Å². The number of rotatable bonds is 5. The van der Waals surface area contributed by atoms with Crippen LogP contribution in [0.2, 0.25) is 0 Å². The number of nitrogens with zero attached hydrogens (tertiary/aromatic N) is 1. The van der Waals surface area contributed by atoms with E-state index in [9.17, 15) is 5.11 Å². The van der Waals surface area contributed by atoms with Crippen molar-refractivity contribution in [3.05, 3.63) is 0 Å². The Morgan fingerprint density at radius 1 is 1.27 bits per heavy atom. The smallest absolute Gasteiger partial charge is 0.0813 e. The average Bonchev–Trinajstić information content (AvgIpc) is 2.18. The number of hydrogen-bond acceptors (Lipinski definition) is 3. The van der Waals surface area contributed by atoms with Gasteiger partial charge >= 0.3 is 0 Å². The van der Waals surface area contributed by atoms with E-state index in [1.165, 1.54) is 19.3 Å². The summed E-state index contributed by atoms with van der Waals surface area (Å²) < 4.78 is 0. The lowest BCUT2D eigenvalue weighted by atomic mass is 9.78. The molecule has 1 aliphatic rings. The van der Waals surface area contributed by atoms with Gasteiger partial charge in [-0.25, -0.2) is 5.43 Å². The van der Waals surface area contributed by atoms with Crippen LogP contribution in [0.3, 0.4) is 0 Å². The summed E-state index contributed by atoms with van der Waals surface area (Å²) in [7, 11) is 3.99. The van der Waals surface area contributed by atoms with Crippen molar-refractivity contribution in [1.82, 2.24) is 10.4 Å². The molecule has 0 spiro atoms. The van der Waals surface area contributed by atoms with Crippen LogP contribution >= 0.6 is 0 Å². The normalized spacial score (nSPS) is 23.0. The summed E-state index contributed by atoms with van der Waals surface area (Å²) in [5, 5.41) is 12.6. The summed E-state index contributed by atoms with van der Waals surface area (Å²) in [6, 6.07) is 0.220. The van der Waals surface area contributed by atoms with E-state index in [0.717, 1.165) is 25.7 Å². The SMILES string of the molecule is CCCC(NN(C)C)C1(O)CCCCC1. The predicted octanol–water partition coefficient (Wildman–Crippen LogP) is 1.92. The largest absolute Gasteiger partial charge is 0.388 e. The third-order valence-electron chi connectivity index (χ3n) is 3.36. The van der Waals surface area contributed by atoms with Gasteiger partial charge in [0.25, 0.3) is 0 Å². The second-order valence-electron chi connectivity index (χ2n) is 5.03. The molecule has 90 valence electrons. The second kappa shape index (κ2) is 5.83. The summed E-state index contributed by atoms with van der Waals surface area (Å²) >= 11 is 0. The fraction of sp³-hybridized carbons (Fsp3) is 1.00. The molecule has 0 heterocycles. The predicted molar refractivity (Wildman–Crippen MR) is 63.6 cm³/mol. The minimum absolute atomic E-state index is 0.220. The van der Waals surface area contributed by atoms with E-state index < -0.39 is 5.60 Å². The van der Waals surface area contributed by atoms with Gasteiger partial charge < -0.3 is 5.11 Å². The monoisotopic (exact) mass is 214 g/mol. The standard InChI is InChI=1S/C12H26N2O/c1-4-8-11(13-14(2)3)12(15)9-6-5-7-10-12/h11,13,15H,4-10H2,1-3H3. The van der Waals surface area contributed by atoms with E-state index >= 15 is 0 Å². The molecule has 15 heavy (non-hydrogen) atoms. The minimum atomic E-state index is -0.474. The molecular weight excluding hydrogens is 188 g/mol. The highest BCUT2D eigenvalue weighted by molar-refractivity contribution is 4.92. The number of hydrazine groups is 1. The maximum atomic E-state index is 10.6. The quantitative estimate of drug-likeness (QED) is 0.686. The van der Waals surface area contributed by atoms with E-state index in [-0.39, 0.29) is 6.04 Å². The molecule has 0 aromatic heterocycles. The first-order valence-electron chi connectivity index (χ1n) is 6.24. The first-order chi connectivity index (χ1) is 7.08. The third kappa shape index (κ3) is 3.74. The Morgan fingerprint density at radius 2 is 1.87 bits per heavy atom. The van der Waals surface area contributed by atoms with Gasteiger partial charge in [0.2, 0.25) is 0 Å². The molecular formula is C12H26N2O. The van der Waals surface area contributed by atoms with Gasteiger partial charge in [0, 0.05) is 14.1 Å². The van der Waals surface area contributed by atoms with Crippen LogP contribution in [0.25, 0.3) is 0 Å². The van der Waals surface area contributed by atoms with Crippen LogP contribution in [-0.2, 0) is 0 Å². The molecule has 1 unspecified atom stereocenters. The lowest BCUT2D eigenvalue weighted by Crippen LogP contribution is -2.55. The molecule has 0 aliphatic heterocycles. The molecule has 0 radical (unpaired) electrons. The zero-order chi connectivity index (χ0) is 11.3. The maximum Gasteiger partial charge on any atom is 0.0813 e. The summed E-state index contributed by atoms with van der Waals surface area (Å²) in [6.45, 7) is 2.18. The van der Waals surface area contributed by atoms with Crippen molar-refractivity contribution in [3.8, 4) is 0 Å². The average molecular weight is 214 g/mol. The molecule has 1 rings (SSSR count). The van der Waals surface area contributed by atoms with E-state index in [1.54, 1.807) is 0 Å². The highest BCUT2D eigenvalue weighted by Gasteiger charge is 2.37. The number of hydrogen-bond donors (Lipinski definition) is 2. The van der Waals surface area contributed by atoms with Crippen molar-refractivity contribution in [1.29, 1.82) is 0 Å². The van der Waals surface area contributed by atoms with Crippen LogP contribution in [0.15, 0.2) is 0 Å². The molecule has 3 nitrogen and oxygen atoms in total. The van der Waals surface area contributed by atoms with Gasteiger partial charge in [0.1, 0.15) is 0 Å². The Bertz CT molecular complexity index is 176. The van der Waals surface area contributed by atoms with Crippen LogP contribution in [-0.4, -0.2) is 35.9 Å². The maximum absolute atomic E-state index is 10.6. The highest BCUT2D eigenvalue weighted by atomic mass is 16.3. The van der Waals surface area contributed by atoms with Crippen LogP contribution < -0.4 is 5.43 Å². The first kappa shape index (κ1) is 12.9. The van der Waals surface area contributed by atoms with E-state index in [4.69, 9.17) is 0 Å². The Balaban J connectivity index is 2.58. The summed E-state index contributed by atoms with van der Waals surface area (Å²) in [6.07, 6.45) is 7.71. The Morgan fingerprint density at radius 3 is 2.33 bits per heavy atom. The van der Waals surface area contributed by atoms with Gasteiger partial charge in [-0.05, 0) is 19.3 Å². The number of nitrogens with one attached hydrogen (secondary N) is 1. The molecule has 1 fully saturated rings. The van der Waals surface area contributed by atoms with Crippen molar-refractivity contribution in [2.24, 2.45) is 0 Å². The van der Waals surface area contributed by atoms with E-state index in [1.807, 2.05) is 19.1 Å². The second-order valence-corrected chi connectivity index (χ2v) is 5.03. The lowest BCUT2D eigenvalue weighted by Gasteiger charge is -2.41. The van der Waals surface area contributed by atoms with Crippen LogP contribution in [0.5, 0.6) is 0 Å². The fourth-order valence-corrected chi connectivity index (χ4v) is 2.57. The van der Waals surface area contributed by atoms with Gasteiger partial charge in [0.15, 0.2) is 0 Å². The molecule has 3 heteroatoms. The molecule has 0 bridgehead atoms. The van der Waals surface area contributed by atoms with Crippen LogP contribution in [0.4, 0.5) is 0 Å². The van der Waals surface area contributed by atoms with Crippen LogP contribution in [0.1, 0.15) is 51.9 Å². The topological polar surface area (TPSA) is 35.5 Å². The lowest BCUT2D eigenvalue weighted by molar-refractivity contribution is -0.0500. The van der Waals surface area contributed by atoms with Crippen LogP contribution in [0, 0.1) is 0 Å². The summed E-state index contributed by atoms with van der Waals surface area (Å²) in [5.41, 5.74) is 2.90. The molecule has 2 N–H and O–H groups in total. The zero-order valence-electron chi connectivity index (χ0n) is 10.4.